The lowest BCUT2D eigenvalue weighted by atomic mass is 10.2. The highest BCUT2D eigenvalue weighted by Crippen LogP contribution is 2.37. The van der Waals surface area contributed by atoms with Crippen LogP contribution in [-0.4, -0.2) is 45.2 Å². The Morgan fingerprint density at radius 2 is 1.21 bits per heavy atom. The smallest absolute Gasteiger partial charge is 0.335 e. The van der Waals surface area contributed by atoms with Crippen LogP contribution in [-0.2, 0) is 9.59 Å². The summed E-state index contributed by atoms with van der Waals surface area (Å²) in [5.41, 5.74) is 0.510. The maximum Gasteiger partial charge on any atom is 0.335 e. The van der Waals surface area contributed by atoms with Gasteiger partial charge in [-0.1, -0.05) is 21.6 Å². The number of benzene rings is 2. The molecular formula is C18H15NO7S2. The molecule has 28 heavy (non-hydrogen) atoms. The van der Waals surface area contributed by atoms with Crippen molar-refractivity contribution >= 4 is 45.3 Å². The van der Waals surface area contributed by atoms with Crippen molar-refractivity contribution in [1.29, 1.82) is 0 Å². The first-order chi connectivity index (χ1) is 13.3. The van der Waals surface area contributed by atoms with Gasteiger partial charge >= 0.3 is 11.9 Å². The van der Waals surface area contributed by atoms with Crippen molar-refractivity contribution in [2.45, 2.75) is 22.3 Å². The number of aromatic carboxylic acids is 2. The van der Waals surface area contributed by atoms with Crippen LogP contribution in [0.15, 0.2) is 58.3 Å². The van der Waals surface area contributed by atoms with Crippen LogP contribution in [0.25, 0.3) is 0 Å². The van der Waals surface area contributed by atoms with Gasteiger partial charge in [-0.3, -0.25) is 14.9 Å². The van der Waals surface area contributed by atoms with E-state index >= 15 is 0 Å². The van der Waals surface area contributed by atoms with Gasteiger partial charge in [-0.05, 0) is 48.5 Å². The van der Waals surface area contributed by atoms with E-state index in [9.17, 15) is 19.2 Å². The summed E-state index contributed by atoms with van der Waals surface area (Å²) in [6.07, 6.45) is -1.19. The number of aliphatic hydroxyl groups excluding tert-OH is 1. The average Bonchev–Trinajstić information content (AvgIpc) is 2.96. The van der Waals surface area contributed by atoms with Crippen molar-refractivity contribution in [1.82, 2.24) is 5.32 Å². The van der Waals surface area contributed by atoms with Crippen molar-refractivity contribution in [3.8, 4) is 0 Å². The lowest BCUT2D eigenvalue weighted by Gasteiger charge is -2.02. The van der Waals surface area contributed by atoms with Gasteiger partial charge in [-0.15, -0.1) is 0 Å². The van der Waals surface area contributed by atoms with Crippen LogP contribution in [0.2, 0.25) is 0 Å². The molecule has 2 aromatic carbocycles. The molecule has 0 radical (unpaired) electrons. The summed E-state index contributed by atoms with van der Waals surface area (Å²) >= 11 is 0. The van der Waals surface area contributed by atoms with E-state index in [0.29, 0.717) is 0 Å². The lowest BCUT2D eigenvalue weighted by Crippen LogP contribution is -2.24. The van der Waals surface area contributed by atoms with Gasteiger partial charge in [0.2, 0.25) is 5.91 Å². The molecule has 3 rings (SSSR count). The molecule has 0 aliphatic carbocycles. The van der Waals surface area contributed by atoms with Crippen molar-refractivity contribution in [3.05, 3.63) is 59.7 Å². The normalized spacial score (nSPS) is 15.4. The molecule has 10 heteroatoms. The summed E-state index contributed by atoms with van der Waals surface area (Å²) in [6.45, 7) is 0. The number of imide groups is 1. The average molecular weight is 421 g/mol. The molecule has 0 bridgehead atoms. The zero-order valence-corrected chi connectivity index (χ0v) is 15.8. The topological polar surface area (TPSA) is 141 Å². The maximum absolute atomic E-state index is 10.7. The van der Waals surface area contributed by atoms with Gasteiger partial charge in [0.15, 0.2) is 0 Å². The Morgan fingerprint density at radius 3 is 1.43 bits per heavy atom. The van der Waals surface area contributed by atoms with Crippen LogP contribution >= 0.6 is 21.6 Å². The van der Waals surface area contributed by atoms with Gasteiger partial charge < -0.3 is 15.3 Å². The molecule has 4 N–H and O–H groups in total. The summed E-state index contributed by atoms with van der Waals surface area (Å²) in [5.74, 6) is -2.88. The minimum atomic E-state index is -1.11. The van der Waals surface area contributed by atoms with E-state index in [4.69, 9.17) is 15.3 Å². The number of hydrogen-bond acceptors (Lipinski definition) is 7. The number of carboxylic acid groups (broad SMARTS) is 2. The van der Waals surface area contributed by atoms with E-state index < -0.39 is 29.9 Å². The third-order valence-corrected chi connectivity index (χ3v) is 5.80. The molecule has 1 unspecified atom stereocenters. The molecule has 1 aliphatic rings. The van der Waals surface area contributed by atoms with Gasteiger partial charge in [0.25, 0.3) is 5.91 Å². The van der Waals surface area contributed by atoms with Crippen LogP contribution in [0, 0.1) is 0 Å². The number of carboxylic acids is 2. The number of aliphatic hydroxyl groups is 1. The Labute approximate surface area is 167 Å². The highest BCUT2D eigenvalue weighted by atomic mass is 33.1. The van der Waals surface area contributed by atoms with Gasteiger partial charge in [-0.25, -0.2) is 9.59 Å². The highest BCUT2D eigenvalue weighted by molar-refractivity contribution is 8.76. The van der Waals surface area contributed by atoms with Crippen LogP contribution in [0.5, 0.6) is 0 Å². The van der Waals surface area contributed by atoms with Crippen LogP contribution in [0.1, 0.15) is 27.1 Å². The molecule has 146 valence electrons. The molecule has 2 aromatic rings. The zero-order chi connectivity index (χ0) is 20.7. The second-order valence-corrected chi connectivity index (χ2v) is 7.73. The number of carbonyl (C=O) groups excluding carboxylic acids is 2. The highest BCUT2D eigenvalue weighted by Gasteiger charge is 2.27. The summed E-state index contributed by atoms with van der Waals surface area (Å²) in [6, 6.07) is 13.2. The molecule has 0 spiro atoms. The number of amides is 2. The largest absolute Gasteiger partial charge is 0.478 e. The molecule has 1 heterocycles. The first kappa shape index (κ1) is 21.5. The van der Waals surface area contributed by atoms with Gasteiger partial charge in [0.1, 0.15) is 6.10 Å². The first-order valence-electron chi connectivity index (χ1n) is 7.79. The second-order valence-electron chi connectivity index (χ2n) is 5.46. The monoisotopic (exact) mass is 421 g/mol. The fraction of sp³-hybridized carbons (Fsp3) is 0.111. The predicted octanol–water partition coefficient (Wildman–Crippen LogP) is 2.28. The van der Waals surface area contributed by atoms with E-state index in [-0.39, 0.29) is 17.5 Å². The Hall–Kier alpha value is -2.82. The summed E-state index contributed by atoms with van der Waals surface area (Å²) < 4.78 is 0. The number of nitrogens with one attached hydrogen (secondary N) is 1. The third-order valence-electron chi connectivity index (χ3n) is 3.38. The fourth-order valence-electron chi connectivity index (χ4n) is 1.94. The Bertz CT molecular complexity index is 824. The van der Waals surface area contributed by atoms with E-state index in [1.165, 1.54) is 21.6 Å². The van der Waals surface area contributed by atoms with Crippen molar-refractivity contribution in [3.63, 3.8) is 0 Å². The lowest BCUT2D eigenvalue weighted by molar-refractivity contribution is -0.127. The Kier molecular flexibility index (Phi) is 7.61. The zero-order valence-electron chi connectivity index (χ0n) is 14.2. The van der Waals surface area contributed by atoms with Gasteiger partial charge in [0, 0.05) is 9.79 Å². The minimum Gasteiger partial charge on any atom is -0.478 e. The molecule has 1 fully saturated rings. The van der Waals surface area contributed by atoms with E-state index in [1.807, 2.05) is 5.32 Å². The van der Waals surface area contributed by atoms with Crippen molar-refractivity contribution in [2.75, 3.05) is 0 Å². The SMILES string of the molecule is O=C(O)c1ccc(SSc2ccc(C(=O)O)cc2)cc1.O=C1CC(O)C(=O)N1. The number of carbonyl (C=O) groups is 4. The molecule has 1 saturated heterocycles. The van der Waals surface area contributed by atoms with E-state index in [1.54, 1.807) is 48.5 Å². The number of hydrogen-bond donors (Lipinski definition) is 4. The minimum absolute atomic E-state index is 0.0845. The molecular weight excluding hydrogens is 406 g/mol. The van der Waals surface area contributed by atoms with Crippen molar-refractivity contribution in [2.24, 2.45) is 0 Å². The maximum atomic E-state index is 10.7. The third kappa shape index (κ3) is 6.41. The van der Waals surface area contributed by atoms with Crippen molar-refractivity contribution < 1.29 is 34.5 Å². The van der Waals surface area contributed by atoms with E-state index in [2.05, 4.69) is 0 Å². The summed E-state index contributed by atoms with van der Waals surface area (Å²) in [5, 5.41) is 28.1. The fourth-order valence-corrected chi connectivity index (χ4v) is 3.87. The Balaban J connectivity index is 0.000000292. The van der Waals surface area contributed by atoms with Gasteiger partial charge in [0.05, 0.1) is 17.5 Å². The molecule has 1 atom stereocenters. The second kappa shape index (κ2) is 9.93. The molecule has 8 nitrogen and oxygen atoms in total. The van der Waals surface area contributed by atoms with Crippen LogP contribution in [0.4, 0.5) is 0 Å². The van der Waals surface area contributed by atoms with Crippen LogP contribution < -0.4 is 5.32 Å². The standard InChI is InChI=1S/C14H10O4S2.C4H5NO3/c15-13(16)9-1-5-11(6-2-9)19-20-12-7-3-10(4-8-12)14(17)18;6-2-1-3(7)5-4(2)8/h1-8H,(H,15,16)(H,17,18);2,6H,1H2,(H,5,7,8). The van der Waals surface area contributed by atoms with Gasteiger partial charge in [-0.2, -0.15) is 0 Å². The quantitative estimate of drug-likeness (QED) is 0.422. The molecule has 2 amide bonds. The Morgan fingerprint density at radius 1 is 0.821 bits per heavy atom. The summed E-state index contributed by atoms with van der Waals surface area (Å²) in [7, 11) is 2.97. The van der Waals surface area contributed by atoms with E-state index in [0.717, 1.165) is 9.79 Å². The predicted molar refractivity (Wildman–Crippen MR) is 102 cm³/mol. The molecule has 0 aromatic heterocycles. The first-order valence-corrected chi connectivity index (χ1v) is 9.94. The summed E-state index contributed by atoms with van der Waals surface area (Å²) in [4.78, 5) is 43.7. The molecule has 0 saturated carbocycles. The molecule has 1 aliphatic heterocycles. The van der Waals surface area contributed by atoms with Crippen LogP contribution in [0.3, 0.4) is 0 Å². The number of rotatable bonds is 5.